The molecule has 1 unspecified atom stereocenters. The molecule has 1 saturated heterocycles. The Bertz CT molecular complexity index is 381. The molecule has 94 valence electrons. The Labute approximate surface area is 107 Å². The Morgan fingerprint density at radius 3 is 3.00 bits per heavy atom. The number of rotatable bonds is 5. The molecule has 1 atom stereocenters. The predicted molar refractivity (Wildman–Crippen MR) is 69.4 cm³/mol. The average Bonchev–Trinajstić information content (AvgIpc) is 2.88. The van der Waals surface area contributed by atoms with Crippen LogP contribution in [-0.2, 0) is 17.7 Å². The highest BCUT2D eigenvalue weighted by Gasteiger charge is 2.22. The summed E-state index contributed by atoms with van der Waals surface area (Å²) in [7, 11) is 0. The standard InChI is InChI=1S/C13H20N2OS/c1-9-12(8-14-10-4-5-10)17-13(15-9)7-11-3-2-6-16-11/h10-11,14H,2-8H2,1H3. The number of aryl methyl sites for hydroxylation is 1. The van der Waals surface area contributed by atoms with Gasteiger partial charge in [-0.1, -0.05) is 0 Å². The van der Waals surface area contributed by atoms with Crippen molar-refractivity contribution in [3.05, 3.63) is 15.6 Å². The summed E-state index contributed by atoms with van der Waals surface area (Å²) in [6.07, 6.45) is 6.54. The molecule has 2 aliphatic rings. The van der Waals surface area contributed by atoms with E-state index in [1.54, 1.807) is 0 Å². The van der Waals surface area contributed by atoms with Crippen LogP contribution in [0.5, 0.6) is 0 Å². The van der Waals surface area contributed by atoms with Crippen LogP contribution in [0.15, 0.2) is 0 Å². The second-order valence-electron chi connectivity index (χ2n) is 5.11. The highest BCUT2D eigenvalue weighted by atomic mass is 32.1. The van der Waals surface area contributed by atoms with Gasteiger partial charge in [-0.05, 0) is 32.6 Å². The fraction of sp³-hybridized carbons (Fsp3) is 0.769. The second kappa shape index (κ2) is 5.04. The van der Waals surface area contributed by atoms with Gasteiger partial charge in [-0.25, -0.2) is 4.98 Å². The molecule has 1 saturated carbocycles. The van der Waals surface area contributed by atoms with Crippen molar-refractivity contribution in [3.63, 3.8) is 0 Å². The van der Waals surface area contributed by atoms with Crippen molar-refractivity contribution in [2.24, 2.45) is 0 Å². The molecular formula is C13H20N2OS. The summed E-state index contributed by atoms with van der Waals surface area (Å²) in [5, 5.41) is 4.81. The third-order valence-corrected chi connectivity index (χ3v) is 4.67. The summed E-state index contributed by atoms with van der Waals surface area (Å²) in [6, 6.07) is 0.776. The first-order valence-electron chi connectivity index (χ1n) is 6.61. The Balaban J connectivity index is 1.58. The lowest BCUT2D eigenvalue weighted by atomic mass is 10.2. The number of hydrogen-bond donors (Lipinski definition) is 1. The second-order valence-corrected chi connectivity index (χ2v) is 6.28. The van der Waals surface area contributed by atoms with Crippen LogP contribution in [0.4, 0.5) is 0 Å². The first-order valence-corrected chi connectivity index (χ1v) is 7.43. The molecule has 1 N–H and O–H groups in total. The van der Waals surface area contributed by atoms with Crippen molar-refractivity contribution in [1.29, 1.82) is 0 Å². The average molecular weight is 252 g/mol. The lowest BCUT2D eigenvalue weighted by Crippen LogP contribution is -2.14. The monoisotopic (exact) mass is 252 g/mol. The summed E-state index contributed by atoms with van der Waals surface area (Å²) >= 11 is 1.86. The number of nitrogens with one attached hydrogen (secondary N) is 1. The van der Waals surface area contributed by atoms with Crippen LogP contribution in [0, 0.1) is 6.92 Å². The molecule has 1 aliphatic carbocycles. The van der Waals surface area contributed by atoms with Crippen molar-refractivity contribution in [2.75, 3.05) is 6.61 Å². The van der Waals surface area contributed by atoms with E-state index in [2.05, 4.69) is 17.2 Å². The lowest BCUT2D eigenvalue weighted by molar-refractivity contribution is 0.111. The molecule has 1 aliphatic heterocycles. The van der Waals surface area contributed by atoms with E-state index in [-0.39, 0.29) is 0 Å². The molecule has 4 heteroatoms. The van der Waals surface area contributed by atoms with E-state index in [1.165, 1.54) is 41.3 Å². The van der Waals surface area contributed by atoms with Crippen LogP contribution in [0.3, 0.4) is 0 Å². The largest absolute Gasteiger partial charge is 0.378 e. The zero-order valence-electron chi connectivity index (χ0n) is 10.4. The van der Waals surface area contributed by atoms with Crippen molar-refractivity contribution in [1.82, 2.24) is 10.3 Å². The van der Waals surface area contributed by atoms with Gasteiger partial charge >= 0.3 is 0 Å². The molecule has 1 aromatic rings. The number of ether oxygens (including phenoxy) is 1. The maximum atomic E-state index is 5.67. The Hall–Kier alpha value is -0.450. The van der Waals surface area contributed by atoms with Crippen LogP contribution in [0.2, 0.25) is 0 Å². The minimum Gasteiger partial charge on any atom is -0.378 e. The zero-order chi connectivity index (χ0) is 11.7. The van der Waals surface area contributed by atoms with Gasteiger partial charge in [0.15, 0.2) is 0 Å². The maximum absolute atomic E-state index is 5.67. The van der Waals surface area contributed by atoms with Gasteiger partial charge in [-0.2, -0.15) is 0 Å². The quantitative estimate of drug-likeness (QED) is 0.874. The smallest absolute Gasteiger partial charge is 0.0957 e. The van der Waals surface area contributed by atoms with E-state index in [4.69, 9.17) is 4.74 Å². The van der Waals surface area contributed by atoms with Crippen LogP contribution in [0.25, 0.3) is 0 Å². The molecule has 0 amide bonds. The van der Waals surface area contributed by atoms with E-state index in [0.29, 0.717) is 6.10 Å². The summed E-state index contributed by atoms with van der Waals surface area (Å²) in [6.45, 7) is 4.06. The van der Waals surface area contributed by atoms with E-state index in [0.717, 1.165) is 25.6 Å². The summed E-state index contributed by atoms with van der Waals surface area (Å²) < 4.78 is 5.67. The first kappa shape index (κ1) is 11.6. The first-order chi connectivity index (χ1) is 8.31. The van der Waals surface area contributed by atoms with E-state index < -0.39 is 0 Å². The van der Waals surface area contributed by atoms with Crippen molar-refractivity contribution in [3.8, 4) is 0 Å². The van der Waals surface area contributed by atoms with Crippen molar-refractivity contribution >= 4 is 11.3 Å². The van der Waals surface area contributed by atoms with E-state index in [1.807, 2.05) is 11.3 Å². The fourth-order valence-corrected chi connectivity index (χ4v) is 3.35. The fourth-order valence-electron chi connectivity index (χ4n) is 2.26. The third-order valence-electron chi connectivity index (χ3n) is 3.49. The number of thiazole rings is 1. The molecule has 0 spiro atoms. The summed E-state index contributed by atoms with van der Waals surface area (Å²) in [5.41, 5.74) is 1.20. The molecule has 0 radical (unpaired) electrons. The molecule has 0 aromatic carbocycles. The minimum atomic E-state index is 0.421. The van der Waals surface area contributed by atoms with Gasteiger partial charge in [0.25, 0.3) is 0 Å². The number of aromatic nitrogens is 1. The maximum Gasteiger partial charge on any atom is 0.0957 e. The van der Waals surface area contributed by atoms with Crippen LogP contribution in [-0.4, -0.2) is 23.7 Å². The van der Waals surface area contributed by atoms with Gasteiger partial charge in [0.2, 0.25) is 0 Å². The molecule has 2 heterocycles. The highest BCUT2D eigenvalue weighted by Crippen LogP contribution is 2.25. The SMILES string of the molecule is Cc1nc(CC2CCCO2)sc1CNC1CC1. The number of nitrogens with zero attached hydrogens (tertiary/aromatic N) is 1. The van der Waals surface area contributed by atoms with Gasteiger partial charge in [-0.3, -0.25) is 0 Å². The van der Waals surface area contributed by atoms with Crippen LogP contribution in [0.1, 0.15) is 41.3 Å². The van der Waals surface area contributed by atoms with E-state index in [9.17, 15) is 0 Å². The van der Waals surface area contributed by atoms with Crippen LogP contribution < -0.4 is 5.32 Å². The summed E-state index contributed by atoms with van der Waals surface area (Å²) in [5.74, 6) is 0. The molecule has 17 heavy (non-hydrogen) atoms. The topological polar surface area (TPSA) is 34.1 Å². The Morgan fingerprint density at radius 1 is 1.41 bits per heavy atom. The third kappa shape index (κ3) is 3.06. The van der Waals surface area contributed by atoms with Gasteiger partial charge in [0.1, 0.15) is 0 Å². The number of hydrogen-bond acceptors (Lipinski definition) is 4. The normalized spacial score (nSPS) is 24.4. The van der Waals surface area contributed by atoms with Crippen molar-refractivity contribution in [2.45, 2.75) is 57.7 Å². The highest BCUT2D eigenvalue weighted by molar-refractivity contribution is 7.11. The molecular weight excluding hydrogens is 232 g/mol. The van der Waals surface area contributed by atoms with E-state index >= 15 is 0 Å². The Kier molecular flexibility index (Phi) is 3.45. The zero-order valence-corrected chi connectivity index (χ0v) is 11.2. The summed E-state index contributed by atoms with van der Waals surface area (Å²) in [4.78, 5) is 6.08. The molecule has 3 rings (SSSR count). The Morgan fingerprint density at radius 2 is 2.29 bits per heavy atom. The lowest BCUT2D eigenvalue weighted by Gasteiger charge is -2.05. The minimum absolute atomic E-state index is 0.421. The van der Waals surface area contributed by atoms with Crippen molar-refractivity contribution < 1.29 is 4.74 Å². The van der Waals surface area contributed by atoms with Crippen LogP contribution >= 0.6 is 11.3 Å². The molecule has 0 bridgehead atoms. The molecule has 1 aromatic heterocycles. The molecule has 2 fully saturated rings. The van der Waals surface area contributed by atoms with Gasteiger partial charge in [0.05, 0.1) is 16.8 Å². The van der Waals surface area contributed by atoms with Gasteiger partial charge in [-0.15, -0.1) is 11.3 Å². The van der Waals surface area contributed by atoms with Gasteiger partial charge in [0, 0.05) is 30.5 Å². The predicted octanol–water partition coefficient (Wildman–Crippen LogP) is 2.43. The van der Waals surface area contributed by atoms with Gasteiger partial charge < -0.3 is 10.1 Å². The molecule has 3 nitrogen and oxygen atoms in total.